The third kappa shape index (κ3) is 3.08. The maximum atomic E-state index is 5.59. The summed E-state index contributed by atoms with van der Waals surface area (Å²) in [7, 11) is 0. The smallest absolute Gasteiger partial charge is 0.148 e. The van der Waals surface area contributed by atoms with E-state index in [-0.39, 0.29) is 0 Å². The van der Waals surface area contributed by atoms with E-state index in [9.17, 15) is 0 Å². The molecular formula is C18H18N4OS. The van der Waals surface area contributed by atoms with Gasteiger partial charge in [0.2, 0.25) is 0 Å². The molecule has 1 fully saturated rings. The first-order chi connectivity index (χ1) is 11.8. The highest BCUT2D eigenvalue weighted by molar-refractivity contribution is 7.97. The fourth-order valence-electron chi connectivity index (χ4n) is 2.85. The van der Waals surface area contributed by atoms with Crippen molar-refractivity contribution in [1.82, 2.24) is 9.97 Å². The molecule has 0 saturated carbocycles. The van der Waals surface area contributed by atoms with Crippen LogP contribution in [0.2, 0.25) is 0 Å². The summed E-state index contributed by atoms with van der Waals surface area (Å²) in [5.41, 5.74) is 4.09. The van der Waals surface area contributed by atoms with Gasteiger partial charge in [-0.15, -0.1) is 0 Å². The number of fused-ring (bicyclic) bond motifs is 1. The molecule has 24 heavy (non-hydrogen) atoms. The zero-order valence-electron chi connectivity index (χ0n) is 13.2. The average molecular weight is 338 g/mol. The number of aromatic nitrogens is 2. The largest absolute Gasteiger partial charge is 0.378 e. The number of nitrogens with zero attached hydrogens (tertiary/aromatic N) is 3. The van der Waals surface area contributed by atoms with E-state index < -0.39 is 0 Å². The van der Waals surface area contributed by atoms with Crippen molar-refractivity contribution >= 4 is 28.8 Å². The van der Waals surface area contributed by atoms with Gasteiger partial charge in [0.25, 0.3) is 0 Å². The number of morpholine rings is 1. The van der Waals surface area contributed by atoms with Crippen LogP contribution < -0.4 is 10.0 Å². The molecule has 2 heterocycles. The lowest BCUT2D eigenvalue weighted by atomic mass is 10.1. The minimum atomic E-state index is 0.741. The maximum Gasteiger partial charge on any atom is 0.148 e. The van der Waals surface area contributed by atoms with Crippen LogP contribution in [0.5, 0.6) is 0 Å². The van der Waals surface area contributed by atoms with E-state index in [0.717, 1.165) is 59.2 Å². The quantitative estimate of drug-likeness (QED) is 0.740. The van der Waals surface area contributed by atoms with Crippen LogP contribution in [0.25, 0.3) is 22.2 Å². The minimum Gasteiger partial charge on any atom is -0.378 e. The van der Waals surface area contributed by atoms with Crippen LogP contribution in [-0.2, 0) is 4.74 Å². The molecule has 0 bridgehead atoms. The van der Waals surface area contributed by atoms with Gasteiger partial charge in [-0.25, -0.2) is 4.98 Å². The number of anilines is 1. The van der Waals surface area contributed by atoms with Gasteiger partial charge in [0.15, 0.2) is 0 Å². The van der Waals surface area contributed by atoms with Crippen molar-refractivity contribution in [2.45, 2.75) is 4.90 Å². The van der Waals surface area contributed by atoms with Gasteiger partial charge in [0.05, 0.1) is 30.4 Å². The Kier molecular flexibility index (Phi) is 4.34. The molecule has 2 aromatic carbocycles. The fraction of sp³-hybridized carbons (Fsp3) is 0.222. The van der Waals surface area contributed by atoms with Gasteiger partial charge in [-0.05, 0) is 47.3 Å². The summed E-state index contributed by atoms with van der Waals surface area (Å²) in [5, 5.41) is 5.59. The van der Waals surface area contributed by atoms with E-state index in [4.69, 9.17) is 14.9 Å². The molecule has 1 aromatic heterocycles. The van der Waals surface area contributed by atoms with E-state index in [1.54, 1.807) is 0 Å². The standard InChI is InChI=1S/C18H18N4OS/c19-24-15-4-1-13(2-5-15)14-3-6-16-17(11-14)21-18(12-20-16)22-7-9-23-10-8-22/h1-6,11-12H,7-10,19H2. The highest BCUT2D eigenvalue weighted by Gasteiger charge is 2.13. The van der Waals surface area contributed by atoms with E-state index in [0.29, 0.717) is 0 Å². The first-order valence-corrected chi connectivity index (χ1v) is 8.78. The Morgan fingerprint density at radius 2 is 1.71 bits per heavy atom. The maximum absolute atomic E-state index is 5.59. The molecule has 5 nitrogen and oxygen atoms in total. The van der Waals surface area contributed by atoms with Crippen LogP contribution in [0.4, 0.5) is 5.82 Å². The third-order valence-corrected chi connectivity index (χ3v) is 4.73. The summed E-state index contributed by atoms with van der Waals surface area (Å²) < 4.78 is 5.40. The number of ether oxygens (including phenoxy) is 1. The Labute approximate surface area is 145 Å². The number of nitrogens with two attached hydrogens (primary N) is 1. The van der Waals surface area contributed by atoms with Crippen molar-refractivity contribution in [2.75, 3.05) is 31.2 Å². The summed E-state index contributed by atoms with van der Waals surface area (Å²) >= 11 is 1.25. The van der Waals surface area contributed by atoms with Crippen LogP contribution in [-0.4, -0.2) is 36.3 Å². The van der Waals surface area contributed by atoms with E-state index in [1.807, 2.05) is 24.4 Å². The zero-order valence-corrected chi connectivity index (χ0v) is 14.0. The topological polar surface area (TPSA) is 64.3 Å². The molecule has 0 spiro atoms. The summed E-state index contributed by atoms with van der Waals surface area (Å²) in [5.74, 6) is 0.915. The van der Waals surface area contributed by atoms with Crippen LogP contribution in [0.1, 0.15) is 0 Å². The lowest BCUT2D eigenvalue weighted by Crippen LogP contribution is -2.36. The molecule has 6 heteroatoms. The predicted octanol–water partition coefficient (Wildman–Crippen LogP) is 3.10. The SMILES string of the molecule is NSc1ccc(-c2ccc3ncc(N4CCOCC4)nc3c2)cc1. The van der Waals surface area contributed by atoms with Gasteiger partial charge in [-0.3, -0.25) is 10.1 Å². The first kappa shape index (κ1) is 15.4. The van der Waals surface area contributed by atoms with E-state index in [2.05, 4.69) is 34.1 Å². The highest BCUT2D eigenvalue weighted by Crippen LogP contribution is 2.26. The molecule has 4 rings (SSSR count). The van der Waals surface area contributed by atoms with Crippen molar-refractivity contribution in [3.63, 3.8) is 0 Å². The fourth-order valence-corrected chi connectivity index (χ4v) is 3.15. The second-order valence-corrected chi connectivity index (χ2v) is 6.38. The van der Waals surface area contributed by atoms with Crippen LogP contribution in [0.15, 0.2) is 53.6 Å². The van der Waals surface area contributed by atoms with Crippen LogP contribution >= 0.6 is 11.9 Å². The lowest BCUT2D eigenvalue weighted by molar-refractivity contribution is 0.122. The van der Waals surface area contributed by atoms with Gasteiger partial charge >= 0.3 is 0 Å². The van der Waals surface area contributed by atoms with Gasteiger partial charge in [0.1, 0.15) is 5.82 Å². The molecule has 3 aromatic rings. The summed E-state index contributed by atoms with van der Waals surface area (Å²) in [6, 6.07) is 14.4. The van der Waals surface area contributed by atoms with Gasteiger partial charge < -0.3 is 9.64 Å². The molecule has 1 saturated heterocycles. The molecule has 0 aliphatic carbocycles. The molecule has 2 N–H and O–H groups in total. The Morgan fingerprint density at radius 3 is 2.46 bits per heavy atom. The van der Waals surface area contributed by atoms with Crippen molar-refractivity contribution in [2.24, 2.45) is 5.14 Å². The highest BCUT2D eigenvalue weighted by atomic mass is 32.2. The van der Waals surface area contributed by atoms with Crippen LogP contribution in [0.3, 0.4) is 0 Å². The molecule has 122 valence electrons. The molecule has 0 unspecified atom stereocenters. The number of hydrogen-bond donors (Lipinski definition) is 1. The Hall–Kier alpha value is -2.15. The van der Waals surface area contributed by atoms with Crippen molar-refractivity contribution in [3.05, 3.63) is 48.7 Å². The molecular weight excluding hydrogens is 320 g/mol. The summed E-state index contributed by atoms with van der Waals surface area (Å²) in [6.45, 7) is 3.20. The number of rotatable bonds is 3. The van der Waals surface area contributed by atoms with E-state index in [1.165, 1.54) is 11.9 Å². The zero-order chi connectivity index (χ0) is 16.4. The van der Waals surface area contributed by atoms with Crippen molar-refractivity contribution in [1.29, 1.82) is 0 Å². The third-order valence-electron chi connectivity index (χ3n) is 4.19. The predicted molar refractivity (Wildman–Crippen MR) is 98.1 cm³/mol. The van der Waals surface area contributed by atoms with Gasteiger partial charge in [0, 0.05) is 18.0 Å². The molecule has 1 aliphatic heterocycles. The Bertz CT molecular complexity index is 847. The summed E-state index contributed by atoms with van der Waals surface area (Å²) in [4.78, 5) is 12.6. The van der Waals surface area contributed by atoms with Gasteiger partial charge in [-0.2, -0.15) is 0 Å². The number of benzene rings is 2. The lowest BCUT2D eigenvalue weighted by Gasteiger charge is -2.27. The van der Waals surface area contributed by atoms with Crippen LogP contribution in [0, 0.1) is 0 Å². The Balaban J connectivity index is 1.69. The molecule has 0 radical (unpaired) electrons. The van der Waals surface area contributed by atoms with Gasteiger partial charge in [-0.1, -0.05) is 18.2 Å². The van der Waals surface area contributed by atoms with E-state index >= 15 is 0 Å². The molecule has 0 amide bonds. The Morgan fingerprint density at radius 1 is 0.958 bits per heavy atom. The average Bonchev–Trinajstić information content (AvgIpc) is 2.68. The number of hydrogen-bond acceptors (Lipinski definition) is 6. The molecule has 1 aliphatic rings. The minimum absolute atomic E-state index is 0.741. The normalized spacial score (nSPS) is 15.0. The second-order valence-electron chi connectivity index (χ2n) is 5.67. The molecule has 0 atom stereocenters. The summed E-state index contributed by atoms with van der Waals surface area (Å²) in [6.07, 6.45) is 1.85. The van der Waals surface area contributed by atoms with Crippen molar-refractivity contribution < 1.29 is 4.74 Å². The second kappa shape index (κ2) is 6.76. The monoisotopic (exact) mass is 338 g/mol. The van der Waals surface area contributed by atoms with Crippen molar-refractivity contribution in [3.8, 4) is 11.1 Å². The first-order valence-electron chi connectivity index (χ1n) is 7.90.